The number of hydrogen-bond donors (Lipinski definition) is 0. The molecule has 0 heterocycles. The van der Waals surface area contributed by atoms with Gasteiger partial charge in [0, 0.05) is 0 Å². The molecule has 0 spiro atoms. The van der Waals surface area contributed by atoms with E-state index in [4.69, 9.17) is 4.74 Å². The quantitative estimate of drug-likeness (QED) is 0.553. The standard InChI is InChI=1S/C6H14O2S/c1-6(2,3)8-5-9(4)7/h5H2,1-4H3. The summed E-state index contributed by atoms with van der Waals surface area (Å²) in [6.45, 7) is 5.83. The first-order valence-electron chi connectivity index (χ1n) is 2.86. The molecule has 0 saturated carbocycles. The molecule has 1 unspecified atom stereocenters. The highest BCUT2D eigenvalue weighted by Gasteiger charge is 2.11. The molecule has 56 valence electrons. The first-order valence-corrected chi connectivity index (χ1v) is 4.58. The van der Waals surface area contributed by atoms with E-state index in [9.17, 15) is 4.55 Å². The van der Waals surface area contributed by atoms with E-state index in [2.05, 4.69) is 0 Å². The van der Waals surface area contributed by atoms with Gasteiger partial charge in [0.05, 0.1) is 11.9 Å². The number of hydrogen-bond acceptors (Lipinski definition) is 2. The molecular formula is C6H14O2S. The van der Waals surface area contributed by atoms with E-state index >= 15 is 0 Å². The Morgan fingerprint density at radius 2 is 1.89 bits per heavy atom. The predicted octanol–water partition coefficient (Wildman–Crippen LogP) is 1.14. The third-order valence-corrected chi connectivity index (χ3v) is 1.11. The first-order chi connectivity index (χ1) is 3.92. The lowest BCUT2D eigenvalue weighted by molar-refractivity contribution is 0.0256. The predicted molar refractivity (Wildman–Crippen MR) is 39.8 cm³/mol. The maximum atomic E-state index is 10.5. The smallest absolute Gasteiger partial charge is 0.205 e. The lowest BCUT2D eigenvalue weighted by atomic mass is 10.2. The fourth-order valence-electron chi connectivity index (χ4n) is 0.260. The molecule has 0 aliphatic carbocycles. The summed E-state index contributed by atoms with van der Waals surface area (Å²) in [5.41, 5.74) is -0.161. The normalized spacial score (nSPS) is 15.7. The van der Waals surface area contributed by atoms with Crippen molar-refractivity contribution in [2.45, 2.75) is 26.4 Å². The molecule has 0 amide bonds. The Kier molecular flexibility index (Phi) is 3.54. The second-order valence-corrected chi connectivity index (χ2v) is 4.33. The zero-order chi connectivity index (χ0) is 7.49. The minimum absolute atomic E-state index is 0.161. The van der Waals surface area contributed by atoms with Gasteiger partial charge in [-0.05, 0) is 31.9 Å². The molecule has 0 saturated heterocycles. The Morgan fingerprint density at radius 3 is 2.00 bits per heavy atom. The van der Waals surface area contributed by atoms with Gasteiger partial charge in [-0.15, -0.1) is 0 Å². The molecule has 9 heavy (non-hydrogen) atoms. The van der Waals surface area contributed by atoms with Crippen molar-refractivity contribution in [1.29, 1.82) is 0 Å². The SMILES string of the molecule is C[S+]([O-])COC(C)(C)C. The van der Waals surface area contributed by atoms with Crippen molar-refractivity contribution in [3.8, 4) is 0 Å². The van der Waals surface area contributed by atoms with E-state index in [1.165, 1.54) is 0 Å². The van der Waals surface area contributed by atoms with Gasteiger partial charge in [-0.25, -0.2) is 0 Å². The highest BCUT2D eigenvalue weighted by Crippen LogP contribution is 2.06. The molecule has 0 aromatic rings. The Morgan fingerprint density at radius 1 is 1.44 bits per heavy atom. The summed E-state index contributed by atoms with van der Waals surface area (Å²) in [5, 5.41) is 0. The van der Waals surface area contributed by atoms with E-state index in [1.54, 1.807) is 6.26 Å². The van der Waals surface area contributed by atoms with Gasteiger partial charge in [-0.1, -0.05) is 0 Å². The molecule has 0 N–H and O–H groups in total. The Bertz CT molecular complexity index is 75.6. The molecule has 2 nitrogen and oxygen atoms in total. The first kappa shape index (κ1) is 9.27. The van der Waals surface area contributed by atoms with Crippen LogP contribution in [0.25, 0.3) is 0 Å². The Hall–Kier alpha value is 0.270. The van der Waals surface area contributed by atoms with E-state index < -0.39 is 11.2 Å². The maximum Gasteiger partial charge on any atom is 0.205 e. The van der Waals surface area contributed by atoms with Crippen LogP contribution >= 0.6 is 0 Å². The lowest BCUT2D eigenvalue weighted by Crippen LogP contribution is -2.23. The third kappa shape index (κ3) is 8.27. The van der Waals surface area contributed by atoms with Gasteiger partial charge in [-0.2, -0.15) is 0 Å². The van der Waals surface area contributed by atoms with Gasteiger partial charge in [0.1, 0.15) is 0 Å². The average Bonchev–Trinajstić information content (AvgIpc) is 1.59. The number of ether oxygens (including phenoxy) is 1. The molecule has 3 heteroatoms. The Balaban J connectivity index is 3.28. The third-order valence-electron chi connectivity index (χ3n) is 0.658. The van der Waals surface area contributed by atoms with Gasteiger partial charge in [0.15, 0.2) is 0 Å². The molecule has 0 bridgehead atoms. The molecule has 0 radical (unpaired) electrons. The minimum Gasteiger partial charge on any atom is -0.615 e. The van der Waals surface area contributed by atoms with Crippen molar-refractivity contribution in [2.24, 2.45) is 0 Å². The molecule has 0 rings (SSSR count). The van der Waals surface area contributed by atoms with Crippen molar-refractivity contribution in [3.63, 3.8) is 0 Å². The van der Waals surface area contributed by atoms with Crippen molar-refractivity contribution in [1.82, 2.24) is 0 Å². The zero-order valence-electron chi connectivity index (χ0n) is 6.43. The van der Waals surface area contributed by atoms with Crippen LogP contribution in [0.5, 0.6) is 0 Å². The van der Waals surface area contributed by atoms with Crippen LogP contribution in [0.15, 0.2) is 0 Å². The molecular weight excluding hydrogens is 136 g/mol. The van der Waals surface area contributed by atoms with Crippen molar-refractivity contribution in [3.05, 3.63) is 0 Å². The van der Waals surface area contributed by atoms with Crippen LogP contribution in [-0.4, -0.2) is 22.3 Å². The van der Waals surface area contributed by atoms with Crippen molar-refractivity contribution >= 4 is 11.2 Å². The second-order valence-electron chi connectivity index (χ2n) is 2.95. The van der Waals surface area contributed by atoms with Crippen LogP contribution < -0.4 is 0 Å². The Labute approximate surface area is 59.8 Å². The van der Waals surface area contributed by atoms with E-state index in [0.29, 0.717) is 5.94 Å². The monoisotopic (exact) mass is 150 g/mol. The average molecular weight is 150 g/mol. The summed E-state index contributed by atoms with van der Waals surface area (Å²) in [6.07, 6.45) is 1.63. The van der Waals surface area contributed by atoms with Gasteiger partial charge in [-0.3, -0.25) is 0 Å². The summed E-state index contributed by atoms with van der Waals surface area (Å²) in [6, 6.07) is 0. The fourth-order valence-corrected chi connectivity index (χ4v) is 0.779. The summed E-state index contributed by atoms with van der Waals surface area (Å²) < 4.78 is 15.7. The molecule has 1 atom stereocenters. The summed E-state index contributed by atoms with van der Waals surface area (Å²) in [4.78, 5) is 0. The van der Waals surface area contributed by atoms with Crippen molar-refractivity contribution < 1.29 is 9.29 Å². The highest BCUT2D eigenvalue weighted by atomic mass is 32.2. The van der Waals surface area contributed by atoms with Gasteiger partial charge in [0.2, 0.25) is 5.94 Å². The van der Waals surface area contributed by atoms with Crippen LogP contribution in [0.3, 0.4) is 0 Å². The van der Waals surface area contributed by atoms with Gasteiger partial charge in [0.25, 0.3) is 0 Å². The maximum absolute atomic E-state index is 10.5. The van der Waals surface area contributed by atoms with E-state index in [-0.39, 0.29) is 5.60 Å². The van der Waals surface area contributed by atoms with Gasteiger partial charge >= 0.3 is 0 Å². The van der Waals surface area contributed by atoms with E-state index in [0.717, 1.165) is 0 Å². The largest absolute Gasteiger partial charge is 0.615 e. The van der Waals surface area contributed by atoms with Gasteiger partial charge < -0.3 is 9.29 Å². The molecule has 0 aromatic carbocycles. The minimum atomic E-state index is -0.834. The lowest BCUT2D eigenvalue weighted by Gasteiger charge is -2.18. The van der Waals surface area contributed by atoms with E-state index in [1.807, 2.05) is 20.8 Å². The zero-order valence-corrected chi connectivity index (χ0v) is 7.25. The molecule has 0 fully saturated rings. The van der Waals surface area contributed by atoms with Crippen molar-refractivity contribution in [2.75, 3.05) is 12.2 Å². The van der Waals surface area contributed by atoms with Crippen LogP contribution in [0.4, 0.5) is 0 Å². The van der Waals surface area contributed by atoms with Crippen LogP contribution in [0, 0.1) is 0 Å². The fraction of sp³-hybridized carbons (Fsp3) is 1.00. The molecule has 0 aliphatic heterocycles. The molecule has 0 aliphatic rings. The topological polar surface area (TPSA) is 32.3 Å². The summed E-state index contributed by atoms with van der Waals surface area (Å²) in [7, 11) is 0. The number of rotatable bonds is 2. The van der Waals surface area contributed by atoms with Crippen LogP contribution in [0.2, 0.25) is 0 Å². The molecule has 0 aromatic heterocycles. The van der Waals surface area contributed by atoms with Crippen LogP contribution in [0.1, 0.15) is 20.8 Å². The van der Waals surface area contributed by atoms with Crippen LogP contribution in [-0.2, 0) is 15.9 Å². The highest BCUT2D eigenvalue weighted by molar-refractivity contribution is 7.90. The summed E-state index contributed by atoms with van der Waals surface area (Å²) >= 11 is -0.834. The second kappa shape index (κ2) is 3.44. The summed E-state index contributed by atoms with van der Waals surface area (Å²) in [5.74, 6) is 0.337.